The van der Waals surface area contributed by atoms with Crippen LogP contribution in [0.5, 0.6) is 0 Å². The Morgan fingerprint density at radius 1 is 1.19 bits per heavy atom. The van der Waals surface area contributed by atoms with Crippen LogP contribution in [0.4, 0.5) is 5.69 Å². The molecule has 0 radical (unpaired) electrons. The lowest BCUT2D eigenvalue weighted by Crippen LogP contribution is -2.19. The lowest BCUT2D eigenvalue weighted by Gasteiger charge is -2.18. The zero-order valence-electron chi connectivity index (χ0n) is 11.3. The average Bonchev–Trinajstić information content (AvgIpc) is 2.48. The summed E-state index contributed by atoms with van der Waals surface area (Å²) in [5.41, 5.74) is 2.31. The van der Waals surface area contributed by atoms with Crippen molar-refractivity contribution in [3.63, 3.8) is 0 Å². The second kappa shape index (κ2) is 7.15. The summed E-state index contributed by atoms with van der Waals surface area (Å²) in [5.74, 6) is 0. The highest BCUT2D eigenvalue weighted by Crippen LogP contribution is 2.29. The topological polar surface area (TPSA) is 55.2 Å². The molecular weight excluding hydrogens is 400 g/mol. The molecule has 1 atom stereocenters. The monoisotopic (exact) mass is 412 g/mol. The molecule has 110 valence electrons. The van der Waals surface area contributed by atoms with Gasteiger partial charge >= 0.3 is 0 Å². The number of rotatable bonds is 5. The third-order valence-corrected chi connectivity index (χ3v) is 4.48. The Morgan fingerprint density at radius 3 is 2.43 bits per heavy atom. The standard InChI is InChI=1S/C15H14Br2N2O2/c1-18-15(13-9-11(16)4-7-14(13)17)8-10-2-5-12(6-3-10)19(20)21/h2-7,9,15,18H,8H2,1H3. The van der Waals surface area contributed by atoms with Gasteiger partial charge in [0.2, 0.25) is 0 Å². The van der Waals surface area contributed by atoms with E-state index in [4.69, 9.17) is 0 Å². The number of halogens is 2. The maximum atomic E-state index is 10.7. The Bertz CT molecular complexity index is 645. The van der Waals surface area contributed by atoms with Crippen LogP contribution in [-0.2, 0) is 6.42 Å². The van der Waals surface area contributed by atoms with Gasteiger partial charge in [-0.2, -0.15) is 0 Å². The van der Waals surface area contributed by atoms with Crippen molar-refractivity contribution in [2.45, 2.75) is 12.5 Å². The van der Waals surface area contributed by atoms with Crippen LogP contribution in [0, 0.1) is 10.1 Å². The summed E-state index contributed by atoms with van der Waals surface area (Å²) in [6, 6.07) is 12.8. The van der Waals surface area contributed by atoms with E-state index in [0.29, 0.717) is 0 Å². The van der Waals surface area contributed by atoms with Crippen molar-refractivity contribution >= 4 is 37.5 Å². The molecule has 0 aliphatic rings. The largest absolute Gasteiger partial charge is 0.313 e. The van der Waals surface area contributed by atoms with Crippen molar-refractivity contribution in [3.8, 4) is 0 Å². The molecule has 0 bridgehead atoms. The van der Waals surface area contributed by atoms with Gasteiger partial charge in [0, 0.05) is 27.1 Å². The number of likely N-dealkylation sites (N-methyl/N-ethyl adjacent to an activating group) is 1. The molecule has 6 heteroatoms. The number of nitrogens with one attached hydrogen (secondary N) is 1. The number of hydrogen-bond acceptors (Lipinski definition) is 3. The van der Waals surface area contributed by atoms with Gasteiger partial charge in [-0.3, -0.25) is 10.1 Å². The Hall–Kier alpha value is -1.24. The molecule has 2 rings (SSSR count). The fourth-order valence-electron chi connectivity index (χ4n) is 2.14. The number of benzene rings is 2. The van der Waals surface area contributed by atoms with Gasteiger partial charge in [-0.25, -0.2) is 0 Å². The van der Waals surface area contributed by atoms with E-state index in [-0.39, 0.29) is 16.7 Å². The van der Waals surface area contributed by atoms with Crippen LogP contribution in [0.2, 0.25) is 0 Å². The van der Waals surface area contributed by atoms with E-state index in [1.54, 1.807) is 12.1 Å². The molecule has 0 heterocycles. The van der Waals surface area contributed by atoms with E-state index < -0.39 is 0 Å². The van der Waals surface area contributed by atoms with Gasteiger partial charge in [-0.05, 0) is 42.8 Å². The Morgan fingerprint density at radius 2 is 1.86 bits per heavy atom. The first kappa shape index (κ1) is 16.1. The first-order valence-electron chi connectivity index (χ1n) is 6.37. The van der Waals surface area contributed by atoms with E-state index in [9.17, 15) is 10.1 Å². The molecule has 0 saturated heterocycles. The highest BCUT2D eigenvalue weighted by molar-refractivity contribution is 9.11. The van der Waals surface area contributed by atoms with Gasteiger partial charge in [0.05, 0.1) is 4.92 Å². The maximum Gasteiger partial charge on any atom is 0.269 e. The minimum atomic E-state index is -0.385. The number of nitrogens with zero attached hydrogens (tertiary/aromatic N) is 1. The molecule has 0 aliphatic carbocycles. The van der Waals surface area contributed by atoms with Gasteiger partial charge in [0.1, 0.15) is 0 Å². The molecule has 0 fully saturated rings. The van der Waals surface area contributed by atoms with E-state index in [2.05, 4.69) is 43.2 Å². The Kier molecular flexibility index (Phi) is 5.50. The molecule has 0 saturated carbocycles. The molecule has 1 N–H and O–H groups in total. The van der Waals surface area contributed by atoms with Gasteiger partial charge in [0.25, 0.3) is 5.69 Å². The third-order valence-electron chi connectivity index (χ3n) is 3.27. The quantitative estimate of drug-likeness (QED) is 0.574. The molecule has 0 aliphatic heterocycles. The van der Waals surface area contributed by atoms with Crippen LogP contribution in [0.15, 0.2) is 51.4 Å². The lowest BCUT2D eigenvalue weighted by molar-refractivity contribution is -0.384. The molecule has 1 unspecified atom stereocenters. The number of non-ortho nitro benzene ring substituents is 1. The second-order valence-corrected chi connectivity index (χ2v) is 6.40. The molecule has 2 aromatic carbocycles. The minimum Gasteiger partial charge on any atom is -0.313 e. The molecule has 2 aromatic rings. The van der Waals surface area contributed by atoms with Crippen LogP contribution in [0.3, 0.4) is 0 Å². The van der Waals surface area contributed by atoms with E-state index in [1.807, 2.05) is 19.2 Å². The zero-order chi connectivity index (χ0) is 15.4. The van der Waals surface area contributed by atoms with Crippen LogP contribution in [0.1, 0.15) is 17.2 Å². The van der Waals surface area contributed by atoms with E-state index in [0.717, 1.165) is 26.5 Å². The Balaban J connectivity index is 2.22. The summed E-state index contributed by atoms with van der Waals surface area (Å²) in [6.45, 7) is 0. The zero-order valence-corrected chi connectivity index (χ0v) is 14.5. The van der Waals surface area contributed by atoms with Crippen LogP contribution < -0.4 is 5.32 Å². The minimum absolute atomic E-state index is 0.114. The van der Waals surface area contributed by atoms with Crippen molar-refractivity contribution in [2.24, 2.45) is 0 Å². The number of nitro groups is 1. The fraction of sp³-hybridized carbons (Fsp3) is 0.200. The molecule has 0 aromatic heterocycles. The first-order chi connectivity index (χ1) is 10.0. The number of nitro benzene ring substituents is 1. The maximum absolute atomic E-state index is 10.7. The normalized spacial score (nSPS) is 12.1. The fourth-order valence-corrected chi connectivity index (χ4v) is 3.04. The van der Waals surface area contributed by atoms with Crippen LogP contribution in [0.25, 0.3) is 0 Å². The molecular formula is C15H14Br2N2O2. The molecule has 21 heavy (non-hydrogen) atoms. The van der Waals surface area contributed by atoms with Crippen molar-refractivity contribution in [2.75, 3.05) is 7.05 Å². The van der Waals surface area contributed by atoms with E-state index >= 15 is 0 Å². The van der Waals surface area contributed by atoms with Crippen molar-refractivity contribution in [1.82, 2.24) is 5.32 Å². The van der Waals surface area contributed by atoms with Gasteiger partial charge < -0.3 is 5.32 Å². The van der Waals surface area contributed by atoms with E-state index in [1.165, 1.54) is 12.1 Å². The van der Waals surface area contributed by atoms with Gasteiger partial charge in [-0.15, -0.1) is 0 Å². The molecule has 4 nitrogen and oxygen atoms in total. The van der Waals surface area contributed by atoms with Gasteiger partial charge in [-0.1, -0.05) is 44.0 Å². The van der Waals surface area contributed by atoms with Gasteiger partial charge in [0.15, 0.2) is 0 Å². The van der Waals surface area contributed by atoms with Crippen LogP contribution in [-0.4, -0.2) is 12.0 Å². The number of hydrogen-bond donors (Lipinski definition) is 1. The average molecular weight is 414 g/mol. The third kappa shape index (κ3) is 4.12. The second-order valence-electron chi connectivity index (χ2n) is 4.63. The van der Waals surface area contributed by atoms with Crippen molar-refractivity contribution in [1.29, 1.82) is 0 Å². The highest BCUT2D eigenvalue weighted by atomic mass is 79.9. The summed E-state index contributed by atoms with van der Waals surface area (Å²) in [6.07, 6.45) is 0.754. The summed E-state index contributed by atoms with van der Waals surface area (Å²) < 4.78 is 2.05. The lowest BCUT2D eigenvalue weighted by atomic mass is 9.99. The van der Waals surface area contributed by atoms with Crippen molar-refractivity contribution in [3.05, 3.63) is 72.7 Å². The summed E-state index contributed by atoms with van der Waals surface area (Å²) in [4.78, 5) is 10.3. The smallest absolute Gasteiger partial charge is 0.269 e. The predicted molar refractivity (Wildman–Crippen MR) is 90.4 cm³/mol. The summed E-state index contributed by atoms with van der Waals surface area (Å²) in [5, 5.41) is 14.0. The molecule has 0 spiro atoms. The van der Waals surface area contributed by atoms with Crippen molar-refractivity contribution < 1.29 is 4.92 Å². The Labute approximate surface area is 140 Å². The SMILES string of the molecule is CNC(Cc1ccc([N+](=O)[O-])cc1)c1cc(Br)ccc1Br. The summed E-state index contributed by atoms with van der Waals surface area (Å²) in [7, 11) is 1.91. The van der Waals surface area contributed by atoms with Crippen LogP contribution >= 0.6 is 31.9 Å². The first-order valence-corrected chi connectivity index (χ1v) is 7.95. The molecule has 0 amide bonds. The highest BCUT2D eigenvalue weighted by Gasteiger charge is 2.14. The predicted octanol–water partition coefficient (Wildman–Crippen LogP) is 4.62. The summed E-state index contributed by atoms with van der Waals surface area (Å²) >= 11 is 7.05.